The Balaban J connectivity index is 1.99. The molecular weight excluding hydrogens is 518 g/mol. The largest absolute Gasteiger partial charge is 0.469 e. The van der Waals surface area contributed by atoms with Gasteiger partial charge in [0.15, 0.2) is 0 Å². The predicted molar refractivity (Wildman–Crippen MR) is 124 cm³/mol. The minimum Gasteiger partial charge on any atom is -0.469 e. The molecule has 2 fully saturated rings. The fraction of sp³-hybridized carbons (Fsp3) is 0.826. The average Bonchev–Trinajstić information content (AvgIpc) is 3.33. The lowest BCUT2D eigenvalue weighted by Crippen LogP contribution is -2.27. The number of hydrogen-bond acceptors (Lipinski definition) is 6. The number of allylic oxidation sites excluding steroid dienone is 1. The van der Waals surface area contributed by atoms with Crippen molar-refractivity contribution in [3.8, 4) is 0 Å². The maximum absolute atomic E-state index is 14.2. The molecule has 178 valence electrons. The average molecular weight is 554 g/mol. The Labute approximate surface area is 198 Å². The van der Waals surface area contributed by atoms with Gasteiger partial charge in [-0.1, -0.05) is 54.5 Å². The SMILES string of the molecule is CCCC[C@@H](F)[C@H](O)C=C[C@@H]1[C@H]2C[C@@H]([C@@H](I)CCCC(=O)OC)O[C@H]2C[C@H]1C(=O)OC. The van der Waals surface area contributed by atoms with E-state index in [2.05, 4.69) is 22.6 Å². The van der Waals surface area contributed by atoms with Gasteiger partial charge in [-0.05, 0) is 43.9 Å². The first-order valence-corrected chi connectivity index (χ1v) is 12.5. The van der Waals surface area contributed by atoms with Gasteiger partial charge >= 0.3 is 11.9 Å². The zero-order chi connectivity index (χ0) is 23.0. The van der Waals surface area contributed by atoms with Crippen LogP contribution in [-0.2, 0) is 23.8 Å². The zero-order valence-electron chi connectivity index (χ0n) is 18.7. The van der Waals surface area contributed by atoms with E-state index < -0.39 is 12.3 Å². The summed E-state index contributed by atoms with van der Waals surface area (Å²) >= 11 is 2.37. The monoisotopic (exact) mass is 554 g/mol. The van der Waals surface area contributed by atoms with E-state index in [9.17, 15) is 19.1 Å². The van der Waals surface area contributed by atoms with Crippen LogP contribution in [0.15, 0.2) is 12.2 Å². The van der Waals surface area contributed by atoms with Crippen molar-refractivity contribution in [2.24, 2.45) is 17.8 Å². The molecule has 2 aliphatic rings. The van der Waals surface area contributed by atoms with Gasteiger partial charge in [-0.15, -0.1) is 0 Å². The first-order chi connectivity index (χ1) is 14.8. The quantitative estimate of drug-likeness (QED) is 0.169. The minimum absolute atomic E-state index is 0.0474. The highest BCUT2D eigenvalue weighted by Crippen LogP contribution is 2.49. The summed E-state index contributed by atoms with van der Waals surface area (Å²) in [6, 6.07) is 0. The van der Waals surface area contributed by atoms with Crippen LogP contribution < -0.4 is 0 Å². The van der Waals surface area contributed by atoms with E-state index in [1.807, 2.05) is 6.92 Å². The fourth-order valence-corrected chi connectivity index (χ4v) is 5.62. The number of carbonyl (C=O) groups is 2. The van der Waals surface area contributed by atoms with Crippen molar-refractivity contribution in [1.82, 2.24) is 0 Å². The van der Waals surface area contributed by atoms with Crippen molar-refractivity contribution in [2.75, 3.05) is 14.2 Å². The molecule has 0 unspecified atom stereocenters. The summed E-state index contributed by atoms with van der Waals surface area (Å²) in [4.78, 5) is 23.7. The van der Waals surface area contributed by atoms with Gasteiger partial charge in [-0.25, -0.2) is 4.39 Å². The topological polar surface area (TPSA) is 82.1 Å². The highest BCUT2D eigenvalue weighted by Gasteiger charge is 2.52. The van der Waals surface area contributed by atoms with Gasteiger partial charge in [0.05, 0.1) is 32.3 Å². The molecule has 31 heavy (non-hydrogen) atoms. The number of methoxy groups -OCH3 is 2. The number of unbranched alkanes of at least 4 members (excludes halogenated alkanes) is 1. The van der Waals surface area contributed by atoms with Crippen LogP contribution in [0.25, 0.3) is 0 Å². The van der Waals surface area contributed by atoms with Crippen molar-refractivity contribution in [3.05, 3.63) is 12.2 Å². The number of carbonyl (C=O) groups excluding carboxylic acids is 2. The molecular formula is C23H36FIO6. The van der Waals surface area contributed by atoms with Crippen LogP contribution in [0.4, 0.5) is 4.39 Å². The van der Waals surface area contributed by atoms with Crippen LogP contribution in [0.3, 0.4) is 0 Å². The summed E-state index contributed by atoms with van der Waals surface area (Å²) < 4.78 is 30.4. The Morgan fingerprint density at radius 1 is 1.23 bits per heavy atom. The predicted octanol–water partition coefficient (Wildman–Crippen LogP) is 4.16. The normalized spacial score (nSPS) is 30.7. The van der Waals surface area contributed by atoms with E-state index in [0.29, 0.717) is 19.3 Å². The number of ether oxygens (including phenoxy) is 3. The fourth-order valence-electron chi connectivity index (χ4n) is 4.72. The van der Waals surface area contributed by atoms with Crippen LogP contribution in [0.1, 0.15) is 58.3 Å². The third-order valence-corrected chi connectivity index (χ3v) is 7.93. The van der Waals surface area contributed by atoms with Crippen molar-refractivity contribution >= 4 is 34.5 Å². The smallest absolute Gasteiger partial charge is 0.309 e. The molecule has 0 aromatic carbocycles. The lowest BCUT2D eigenvalue weighted by molar-refractivity contribution is -0.146. The molecule has 1 aliphatic carbocycles. The molecule has 0 amide bonds. The molecule has 8 heteroatoms. The minimum atomic E-state index is -1.30. The molecule has 1 heterocycles. The van der Waals surface area contributed by atoms with Crippen molar-refractivity contribution in [1.29, 1.82) is 0 Å². The molecule has 0 bridgehead atoms. The van der Waals surface area contributed by atoms with Crippen LogP contribution in [0.2, 0.25) is 0 Å². The van der Waals surface area contributed by atoms with E-state index in [0.717, 1.165) is 32.1 Å². The molecule has 1 saturated heterocycles. The highest BCUT2D eigenvalue weighted by atomic mass is 127. The van der Waals surface area contributed by atoms with Crippen LogP contribution in [0.5, 0.6) is 0 Å². The summed E-state index contributed by atoms with van der Waals surface area (Å²) in [5.74, 6) is -0.850. The number of hydrogen-bond donors (Lipinski definition) is 1. The van der Waals surface area contributed by atoms with Crippen LogP contribution in [0, 0.1) is 17.8 Å². The number of alkyl halides is 2. The second-order valence-corrected chi connectivity index (χ2v) is 10.2. The Bertz CT molecular complexity index is 615. The van der Waals surface area contributed by atoms with Gasteiger partial charge in [0.2, 0.25) is 0 Å². The van der Waals surface area contributed by atoms with E-state index in [4.69, 9.17) is 14.2 Å². The van der Waals surface area contributed by atoms with Crippen molar-refractivity contribution in [2.45, 2.75) is 86.7 Å². The van der Waals surface area contributed by atoms with Gasteiger partial charge in [-0.3, -0.25) is 9.59 Å². The van der Waals surface area contributed by atoms with E-state index >= 15 is 0 Å². The lowest BCUT2D eigenvalue weighted by atomic mass is 9.85. The first-order valence-electron chi connectivity index (χ1n) is 11.3. The molecule has 0 aromatic rings. The van der Waals surface area contributed by atoms with E-state index in [1.54, 1.807) is 6.08 Å². The second kappa shape index (κ2) is 13.1. The van der Waals surface area contributed by atoms with Gasteiger partial charge in [0.25, 0.3) is 0 Å². The summed E-state index contributed by atoms with van der Waals surface area (Å²) in [5, 5.41) is 10.2. The number of halogens is 2. The number of aliphatic hydroxyl groups excluding tert-OH is 1. The summed E-state index contributed by atoms with van der Waals surface area (Å²) in [6.07, 6.45) is 6.12. The van der Waals surface area contributed by atoms with Crippen LogP contribution >= 0.6 is 22.6 Å². The maximum Gasteiger partial charge on any atom is 0.309 e. The molecule has 6 nitrogen and oxygen atoms in total. The number of esters is 2. The summed E-state index contributed by atoms with van der Waals surface area (Å²) in [7, 11) is 2.77. The van der Waals surface area contributed by atoms with Crippen molar-refractivity contribution in [3.63, 3.8) is 0 Å². The van der Waals surface area contributed by atoms with Crippen molar-refractivity contribution < 1.29 is 33.3 Å². The summed E-state index contributed by atoms with van der Waals surface area (Å²) in [5.41, 5.74) is 0. The van der Waals surface area contributed by atoms with Gasteiger partial charge < -0.3 is 19.3 Å². The Morgan fingerprint density at radius 2 is 1.97 bits per heavy atom. The first kappa shape index (κ1) is 26.5. The molecule has 0 radical (unpaired) electrons. The van der Waals surface area contributed by atoms with Crippen LogP contribution in [-0.4, -0.2) is 59.7 Å². The Kier molecular flexibility index (Phi) is 11.2. The second-order valence-electron chi connectivity index (χ2n) is 8.57. The van der Waals surface area contributed by atoms with E-state index in [1.165, 1.54) is 20.3 Å². The molecule has 0 spiro atoms. The van der Waals surface area contributed by atoms with Gasteiger partial charge in [0.1, 0.15) is 12.3 Å². The molecule has 8 atom stereocenters. The molecule has 2 rings (SSSR count). The molecule has 0 aromatic heterocycles. The molecule has 1 saturated carbocycles. The highest BCUT2D eigenvalue weighted by molar-refractivity contribution is 14.1. The van der Waals surface area contributed by atoms with Gasteiger partial charge in [-0.2, -0.15) is 0 Å². The number of fused-ring (bicyclic) bond motifs is 1. The summed E-state index contributed by atoms with van der Waals surface area (Å²) in [6.45, 7) is 1.99. The molecule has 1 N–H and O–H groups in total. The Hall–Kier alpha value is -0.740. The Morgan fingerprint density at radius 3 is 2.61 bits per heavy atom. The third-order valence-electron chi connectivity index (χ3n) is 6.51. The molecule has 1 aliphatic heterocycles. The van der Waals surface area contributed by atoms with E-state index in [-0.39, 0.29) is 45.8 Å². The standard InChI is InChI=1S/C23H36FIO6/c1-4-5-7-17(24)19(26)11-10-14-15-12-21(18(25)8-6-9-22(27)29-2)31-20(15)13-16(14)23(28)30-3/h10-11,14-21,26H,4-9,12-13H2,1-3H3/t14-,15-,16-,17-,18+,19-,20+,21+/m1/s1. The van der Waals surface area contributed by atoms with Gasteiger partial charge in [0, 0.05) is 10.3 Å². The zero-order valence-corrected chi connectivity index (χ0v) is 20.8. The maximum atomic E-state index is 14.2. The lowest BCUT2D eigenvalue weighted by Gasteiger charge is -2.22. The number of rotatable bonds is 12. The third kappa shape index (κ3) is 7.39. The number of aliphatic hydroxyl groups is 1.